The van der Waals surface area contributed by atoms with Gasteiger partial charge in [0.15, 0.2) is 0 Å². The Labute approximate surface area is 187 Å². The maximum Gasteiger partial charge on any atom is 0.243 e. The molecule has 1 atom stereocenters. The molecule has 0 spiro atoms. The van der Waals surface area contributed by atoms with Crippen molar-refractivity contribution in [3.63, 3.8) is 0 Å². The summed E-state index contributed by atoms with van der Waals surface area (Å²) in [5.74, 6) is 0.728. The van der Waals surface area contributed by atoms with Crippen LogP contribution in [0.1, 0.15) is 0 Å². The topological polar surface area (TPSA) is 71.3 Å². The Bertz CT molecular complexity index is 1130. The maximum absolute atomic E-state index is 12.8. The molecule has 1 heterocycles. The monoisotopic (exact) mass is 461 g/mol. The number of fused-ring (bicyclic) bond motifs is 1. The van der Waals surface area contributed by atoms with E-state index in [0.717, 1.165) is 21.4 Å². The molecule has 1 saturated heterocycles. The maximum atomic E-state index is 12.8. The van der Waals surface area contributed by atoms with Crippen molar-refractivity contribution in [3.8, 4) is 5.75 Å². The Morgan fingerprint density at radius 1 is 1.00 bits per heavy atom. The number of rotatable bonds is 7. The first-order chi connectivity index (χ1) is 14.9. The smallest absolute Gasteiger partial charge is 0.243 e. The second-order valence-electron chi connectivity index (χ2n) is 7.79. The number of piperazine rings is 1. The summed E-state index contributed by atoms with van der Waals surface area (Å²) >= 11 is 5.86. The van der Waals surface area contributed by atoms with Gasteiger partial charge < -0.3 is 14.7 Å². The van der Waals surface area contributed by atoms with Gasteiger partial charge in [-0.05, 0) is 47.2 Å². The summed E-state index contributed by atoms with van der Waals surface area (Å²) in [6.07, 6.45) is -0.624. The van der Waals surface area contributed by atoms with Crippen molar-refractivity contribution in [2.75, 3.05) is 39.3 Å². The molecular weight excluding hydrogens is 436 g/mol. The lowest BCUT2D eigenvalue weighted by atomic mass is 10.1. The number of halogens is 1. The van der Waals surface area contributed by atoms with Gasteiger partial charge in [0, 0.05) is 5.02 Å². The van der Waals surface area contributed by atoms with Crippen molar-refractivity contribution in [2.24, 2.45) is 0 Å². The van der Waals surface area contributed by atoms with Gasteiger partial charge in [0.25, 0.3) is 0 Å². The van der Waals surface area contributed by atoms with Gasteiger partial charge in [0.2, 0.25) is 10.0 Å². The van der Waals surface area contributed by atoms with E-state index in [2.05, 4.69) is 0 Å². The lowest BCUT2D eigenvalue weighted by molar-refractivity contribution is -0.906. The van der Waals surface area contributed by atoms with Crippen LogP contribution in [0.4, 0.5) is 0 Å². The van der Waals surface area contributed by atoms with E-state index in [4.69, 9.17) is 16.3 Å². The average molecular weight is 462 g/mol. The SMILES string of the molecule is O=S(=O)(c1ccc(Cl)cc1)N1CC[NH+](CC(O)COc2ccc3ccccc3c2)CC1. The van der Waals surface area contributed by atoms with Crippen LogP contribution in [-0.4, -0.2) is 63.3 Å². The minimum atomic E-state index is -3.52. The normalized spacial score (nSPS) is 17.0. The van der Waals surface area contributed by atoms with Gasteiger partial charge in [0.1, 0.15) is 25.0 Å². The molecule has 0 amide bonds. The van der Waals surface area contributed by atoms with Crippen LogP contribution in [0, 0.1) is 0 Å². The lowest BCUT2D eigenvalue weighted by Gasteiger charge is -2.32. The fourth-order valence-corrected chi connectivity index (χ4v) is 5.41. The predicted molar refractivity (Wildman–Crippen MR) is 121 cm³/mol. The molecule has 0 saturated carbocycles. The molecule has 31 heavy (non-hydrogen) atoms. The number of sulfonamides is 1. The quantitative estimate of drug-likeness (QED) is 0.563. The minimum Gasteiger partial charge on any atom is -0.491 e. The van der Waals surface area contributed by atoms with E-state index in [-0.39, 0.29) is 11.5 Å². The lowest BCUT2D eigenvalue weighted by Crippen LogP contribution is -3.15. The highest BCUT2D eigenvalue weighted by Gasteiger charge is 2.31. The molecule has 1 fully saturated rings. The van der Waals surface area contributed by atoms with Gasteiger partial charge in [-0.2, -0.15) is 4.31 Å². The molecule has 0 bridgehead atoms. The van der Waals surface area contributed by atoms with E-state index in [9.17, 15) is 13.5 Å². The predicted octanol–water partition coefficient (Wildman–Crippen LogP) is 1.82. The summed E-state index contributed by atoms with van der Waals surface area (Å²) in [7, 11) is -3.52. The largest absolute Gasteiger partial charge is 0.491 e. The number of ether oxygens (including phenoxy) is 1. The molecule has 0 aliphatic carbocycles. The molecule has 164 valence electrons. The zero-order valence-electron chi connectivity index (χ0n) is 17.1. The molecule has 6 nitrogen and oxygen atoms in total. The van der Waals surface area contributed by atoms with E-state index in [1.165, 1.54) is 16.4 Å². The van der Waals surface area contributed by atoms with Crippen LogP contribution >= 0.6 is 11.6 Å². The number of quaternary nitrogens is 1. The molecule has 0 aromatic heterocycles. The Morgan fingerprint density at radius 2 is 1.68 bits per heavy atom. The molecule has 0 radical (unpaired) electrons. The van der Waals surface area contributed by atoms with Gasteiger partial charge in [-0.15, -0.1) is 0 Å². The van der Waals surface area contributed by atoms with Crippen LogP contribution in [-0.2, 0) is 10.0 Å². The molecule has 1 aliphatic rings. The first-order valence-corrected chi connectivity index (χ1v) is 12.1. The van der Waals surface area contributed by atoms with Crippen molar-refractivity contribution in [2.45, 2.75) is 11.0 Å². The number of hydrogen-bond donors (Lipinski definition) is 2. The molecule has 2 N–H and O–H groups in total. The number of aliphatic hydroxyl groups is 1. The second kappa shape index (κ2) is 9.54. The van der Waals surface area contributed by atoms with Crippen molar-refractivity contribution in [3.05, 3.63) is 71.8 Å². The molecular formula is C23H26ClN2O4S+. The Kier molecular flexibility index (Phi) is 6.79. The first-order valence-electron chi connectivity index (χ1n) is 10.3. The molecule has 1 aliphatic heterocycles. The van der Waals surface area contributed by atoms with Crippen LogP contribution in [0.25, 0.3) is 10.8 Å². The highest BCUT2D eigenvalue weighted by atomic mass is 35.5. The highest BCUT2D eigenvalue weighted by molar-refractivity contribution is 7.89. The van der Waals surface area contributed by atoms with Crippen molar-refractivity contribution < 1.29 is 23.2 Å². The average Bonchev–Trinajstić information content (AvgIpc) is 2.78. The highest BCUT2D eigenvalue weighted by Crippen LogP contribution is 2.21. The summed E-state index contributed by atoms with van der Waals surface area (Å²) in [6.45, 7) is 2.83. The van der Waals surface area contributed by atoms with Gasteiger partial charge in [-0.25, -0.2) is 8.42 Å². The van der Waals surface area contributed by atoms with Gasteiger partial charge >= 0.3 is 0 Å². The van der Waals surface area contributed by atoms with Gasteiger partial charge in [-0.1, -0.05) is 41.9 Å². The molecule has 1 unspecified atom stereocenters. The van der Waals surface area contributed by atoms with Crippen molar-refractivity contribution in [1.29, 1.82) is 0 Å². The molecule has 8 heteroatoms. The summed E-state index contributed by atoms with van der Waals surface area (Å²) in [5, 5.41) is 13.2. The van der Waals surface area contributed by atoms with E-state index >= 15 is 0 Å². The van der Waals surface area contributed by atoms with Crippen molar-refractivity contribution >= 4 is 32.4 Å². The molecule has 3 aromatic carbocycles. The summed E-state index contributed by atoms with van der Waals surface area (Å²) in [5.41, 5.74) is 0. The van der Waals surface area contributed by atoms with E-state index in [1.807, 2.05) is 42.5 Å². The molecule has 4 rings (SSSR count). The van der Waals surface area contributed by atoms with E-state index in [1.54, 1.807) is 12.1 Å². The standard InChI is InChI=1S/C23H25ClN2O4S/c24-20-6-9-23(10-7-20)31(28,29)26-13-11-25(12-14-26)16-21(27)17-30-22-8-5-18-3-1-2-4-19(18)15-22/h1-10,15,21,27H,11-14,16-17H2/p+1. The third-order valence-electron chi connectivity index (χ3n) is 5.57. The Morgan fingerprint density at radius 3 is 2.39 bits per heavy atom. The fraction of sp³-hybridized carbons (Fsp3) is 0.304. The second-order valence-corrected chi connectivity index (χ2v) is 10.2. The number of hydrogen-bond acceptors (Lipinski definition) is 4. The van der Waals surface area contributed by atoms with Crippen LogP contribution in [0.15, 0.2) is 71.6 Å². The zero-order chi connectivity index (χ0) is 21.8. The van der Waals surface area contributed by atoms with Crippen LogP contribution in [0.2, 0.25) is 5.02 Å². The zero-order valence-corrected chi connectivity index (χ0v) is 18.6. The third-order valence-corrected chi connectivity index (χ3v) is 7.73. The van der Waals surface area contributed by atoms with Gasteiger partial charge in [-0.3, -0.25) is 0 Å². The van der Waals surface area contributed by atoms with Crippen LogP contribution < -0.4 is 9.64 Å². The van der Waals surface area contributed by atoms with Crippen molar-refractivity contribution in [1.82, 2.24) is 4.31 Å². The fourth-order valence-electron chi connectivity index (χ4n) is 3.84. The Balaban J connectivity index is 1.26. The van der Waals surface area contributed by atoms with Crippen LogP contribution in [0.5, 0.6) is 5.75 Å². The van der Waals surface area contributed by atoms with Gasteiger partial charge in [0.05, 0.1) is 31.1 Å². The number of nitrogens with one attached hydrogen (secondary N) is 1. The number of benzene rings is 3. The summed E-state index contributed by atoms with van der Waals surface area (Å²) in [6, 6.07) is 20.2. The minimum absolute atomic E-state index is 0.203. The number of nitrogens with zero attached hydrogens (tertiary/aromatic N) is 1. The molecule has 3 aromatic rings. The Hall–Kier alpha value is -2.16. The third kappa shape index (κ3) is 5.37. The van der Waals surface area contributed by atoms with E-state index in [0.29, 0.717) is 37.7 Å². The van der Waals surface area contributed by atoms with Crippen LogP contribution in [0.3, 0.4) is 0 Å². The van der Waals surface area contributed by atoms with E-state index < -0.39 is 16.1 Å². The summed E-state index contributed by atoms with van der Waals surface area (Å²) in [4.78, 5) is 1.42. The number of aliphatic hydroxyl groups excluding tert-OH is 1. The first kappa shape index (κ1) is 22.0. The summed E-state index contributed by atoms with van der Waals surface area (Å²) < 4.78 is 32.8.